The third-order valence-electron chi connectivity index (χ3n) is 13.0. The van der Waals surface area contributed by atoms with E-state index in [9.17, 15) is 15.0 Å². The highest BCUT2D eigenvalue weighted by molar-refractivity contribution is 7.99. The van der Waals surface area contributed by atoms with E-state index in [1.807, 2.05) is 37.3 Å². The van der Waals surface area contributed by atoms with Gasteiger partial charge in [-0.3, -0.25) is 4.79 Å². The zero-order chi connectivity index (χ0) is 46.5. The van der Waals surface area contributed by atoms with Crippen LogP contribution in [-0.4, -0.2) is 98.0 Å². The molecule has 3 aromatic carbocycles. The number of hydrogen-bond donors (Lipinski definition) is 3. The number of allylic oxidation sites excluding steroid dienone is 1. The van der Waals surface area contributed by atoms with Crippen LogP contribution >= 0.6 is 11.8 Å². The van der Waals surface area contributed by atoms with Crippen molar-refractivity contribution in [2.45, 2.75) is 118 Å². The summed E-state index contributed by atoms with van der Waals surface area (Å²) in [7, 11) is -4.26. The fourth-order valence-electron chi connectivity index (χ4n) is 10.2. The molecule has 3 N–H and O–H groups in total. The Morgan fingerprint density at radius 3 is 2.50 bits per heavy atom. The molecule has 7 rings (SSSR count). The Bertz CT molecular complexity index is 2230. The molecule has 2 fully saturated rings. The van der Waals surface area contributed by atoms with Gasteiger partial charge in [-0.1, -0.05) is 55.3 Å². The van der Waals surface area contributed by atoms with Gasteiger partial charge in [-0.05, 0) is 117 Å². The number of anilines is 1. The minimum absolute atomic E-state index is 0.00221. The van der Waals surface area contributed by atoms with Crippen LogP contribution in [0.2, 0.25) is 0 Å². The van der Waals surface area contributed by atoms with E-state index in [-0.39, 0.29) is 61.3 Å². The first-order chi connectivity index (χ1) is 32.1. The summed E-state index contributed by atoms with van der Waals surface area (Å²) in [5.41, 5.74) is 2.91. The number of thioether (sulfide) groups is 1. The Morgan fingerprint density at radius 2 is 1.80 bits per heavy atom. The fraction of sp³-hybridized carbons (Fsp3) is 0.529. The lowest BCUT2D eigenvalue weighted by atomic mass is 9.55. The van der Waals surface area contributed by atoms with E-state index in [4.69, 9.17) is 28.9 Å². The van der Waals surface area contributed by atoms with Crippen LogP contribution in [0.25, 0.3) is 0 Å². The van der Waals surface area contributed by atoms with E-state index in [0.717, 1.165) is 55.4 Å². The van der Waals surface area contributed by atoms with Gasteiger partial charge in [-0.25, -0.2) is 8.42 Å². The number of hydrogen-bond acceptors (Lipinski definition) is 12. The van der Waals surface area contributed by atoms with Crippen molar-refractivity contribution in [2.75, 3.05) is 50.6 Å². The first-order valence-electron chi connectivity index (χ1n) is 23.7. The summed E-state index contributed by atoms with van der Waals surface area (Å²) in [4.78, 5) is 19.4. The third kappa shape index (κ3) is 11.5. The molecule has 0 aromatic heterocycles. The van der Waals surface area contributed by atoms with Crippen LogP contribution in [0.1, 0.15) is 96.0 Å². The van der Waals surface area contributed by atoms with E-state index >= 15 is 8.42 Å². The van der Waals surface area contributed by atoms with Crippen molar-refractivity contribution in [3.8, 4) is 11.5 Å². The number of sulfonamides is 1. The zero-order valence-corrected chi connectivity index (χ0v) is 40.0. The number of aliphatic hydroxyl groups is 2. The molecule has 358 valence electrons. The molecule has 15 heteroatoms. The monoisotopic (exact) mass is 945 g/mol. The Morgan fingerprint density at radius 1 is 1.03 bits per heavy atom. The van der Waals surface area contributed by atoms with Crippen molar-refractivity contribution in [1.29, 1.82) is 0 Å². The molecule has 7 atom stereocenters. The quantitative estimate of drug-likeness (QED) is 0.0340. The number of nitrogens with zero attached hydrogens (tertiary/aromatic N) is 2. The number of carbonyl (C=O) groups is 1. The van der Waals surface area contributed by atoms with Crippen molar-refractivity contribution in [3.63, 3.8) is 0 Å². The first-order valence-corrected chi connectivity index (χ1v) is 26.1. The molecule has 66 heavy (non-hydrogen) atoms. The summed E-state index contributed by atoms with van der Waals surface area (Å²) >= 11 is 1.73. The standard InChI is InChI=1S/C51H67N3O10S2/c1-4-26-54(66(58,59)41-23-20-38(21-24-41)52-36(3)57)47-35-45(53-64-48-19-11-14-30-61-48)43-33-37(15-9-12-27-55)42(18-10-13-28-56)49-44-34-39(60-31-32-65-40-16-7-6-8-17-40)22-25-46(44)63-51(47,50(43)49)62-29-5-2/h5-8,16-17,20-25,33-34,37,42,47-50,55-56H,2,4,9-15,18-19,26-32,35H2,1,3H3,(H,52,57)/t37-,42+,47-,48?,49+,50+,51+/m0/s1. The van der Waals surface area contributed by atoms with Gasteiger partial charge in [0, 0.05) is 67.3 Å². The lowest BCUT2D eigenvalue weighted by Crippen LogP contribution is -2.70. The number of carbonyl (C=O) groups excluding carboxylic acids is 1. The molecule has 13 nitrogen and oxygen atoms in total. The topological polar surface area (TPSA) is 165 Å². The van der Waals surface area contributed by atoms with Gasteiger partial charge < -0.3 is 39.3 Å². The molecule has 1 amide bonds. The smallest absolute Gasteiger partial charge is 0.243 e. The molecule has 2 aliphatic carbocycles. The van der Waals surface area contributed by atoms with Crippen LogP contribution in [0.5, 0.6) is 11.5 Å². The average molecular weight is 946 g/mol. The van der Waals surface area contributed by atoms with Crippen molar-refractivity contribution >= 4 is 39.1 Å². The zero-order valence-electron chi connectivity index (χ0n) is 38.4. The number of nitrogens with one attached hydrogen (secondary N) is 1. The van der Waals surface area contributed by atoms with Crippen molar-refractivity contribution < 1.29 is 47.2 Å². The van der Waals surface area contributed by atoms with Crippen LogP contribution in [0.4, 0.5) is 5.69 Å². The van der Waals surface area contributed by atoms with Crippen LogP contribution in [0.15, 0.2) is 112 Å². The number of unbranched alkanes of at least 4 members (excludes halogenated alkanes) is 2. The normalized spacial score (nSPS) is 25.3. The molecule has 0 radical (unpaired) electrons. The second-order valence-corrected chi connectivity index (χ2v) is 20.6. The molecular weight excluding hydrogens is 879 g/mol. The highest BCUT2D eigenvalue weighted by atomic mass is 32.2. The van der Waals surface area contributed by atoms with Crippen LogP contribution in [-0.2, 0) is 29.1 Å². The maximum atomic E-state index is 15.3. The molecule has 2 heterocycles. The molecular formula is C51H67N3O10S2. The summed E-state index contributed by atoms with van der Waals surface area (Å²) in [5.74, 6) is -0.626. The number of ether oxygens (including phenoxy) is 4. The van der Waals surface area contributed by atoms with Crippen LogP contribution < -0.4 is 14.8 Å². The first kappa shape index (κ1) is 49.7. The van der Waals surface area contributed by atoms with Crippen molar-refractivity contribution in [1.82, 2.24) is 4.31 Å². The lowest BCUT2D eigenvalue weighted by Gasteiger charge is -2.59. The van der Waals surface area contributed by atoms with Gasteiger partial charge >= 0.3 is 0 Å². The minimum Gasteiger partial charge on any atom is -0.493 e. The Kier molecular flexibility index (Phi) is 17.8. The van der Waals surface area contributed by atoms with E-state index in [1.165, 1.54) is 28.3 Å². The summed E-state index contributed by atoms with van der Waals surface area (Å²) in [5, 5.41) is 27.6. The SMILES string of the molecule is C=CCO[C@@]12Oc3ccc(OCCSc4ccccc4)cc3[C@H]3[C@H](CCCCO)[C@@H](CCCCO)C=C(C(=NOC4CCCCO4)C[C@@H]1N(CCC)S(=O)(=O)c1ccc(NC(C)=O)cc1)[C@H]32. The van der Waals surface area contributed by atoms with Crippen molar-refractivity contribution in [3.05, 3.63) is 103 Å². The number of fused-ring (bicyclic) bond motifs is 2. The molecule has 0 spiro atoms. The van der Waals surface area contributed by atoms with Crippen LogP contribution in [0.3, 0.4) is 0 Å². The molecule has 1 saturated heterocycles. The molecule has 4 aliphatic rings. The molecule has 0 bridgehead atoms. The summed E-state index contributed by atoms with van der Waals surface area (Å²) in [6, 6.07) is 21.4. The van der Waals surface area contributed by atoms with E-state index in [0.29, 0.717) is 61.8 Å². The van der Waals surface area contributed by atoms with Crippen LogP contribution in [0, 0.1) is 17.8 Å². The highest BCUT2D eigenvalue weighted by Crippen LogP contribution is 2.62. The predicted octanol–water partition coefficient (Wildman–Crippen LogP) is 9.08. The predicted molar refractivity (Wildman–Crippen MR) is 257 cm³/mol. The number of amides is 1. The summed E-state index contributed by atoms with van der Waals surface area (Å²) < 4.78 is 59.0. The Balaban J connectivity index is 1.40. The van der Waals surface area contributed by atoms with Gasteiger partial charge in [0.1, 0.15) is 11.5 Å². The molecule has 2 aliphatic heterocycles. The van der Waals surface area contributed by atoms with Crippen molar-refractivity contribution in [2.24, 2.45) is 22.9 Å². The lowest BCUT2D eigenvalue weighted by molar-refractivity contribution is -0.251. The maximum Gasteiger partial charge on any atom is 0.243 e. The average Bonchev–Trinajstić information content (AvgIpc) is 3.32. The van der Waals surface area contributed by atoms with E-state index < -0.39 is 34.1 Å². The molecule has 3 aromatic rings. The van der Waals surface area contributed by atoms with Gasteiger partial charge in [0.05, 0.1) is 42.4 Å². The maximum absolute atomic E-state index is 15.3. The highest BCUT2D eigenvalue weighted by Gasteiger charge is 2.66. The number of rotatable bonds is 24. The third-order valence-corrected chi connectivity index (χ3v) is 15.9. The Labute approximate surface area is 395 Å². The largest absolute Gasteiger partial charge is 0.493 e. The van der Waals surface area contributed by atoms with Gasteiger partial charge in [-0.2, -0.15) is 4.31 Å². The number of aliphatic hydroxyl groups excluding tert-OH is 2. The van der Waals surface area contributed by atoms with E-state index in [1.54, 1.807) is 30.0 Å². The summed E-state index contributed by atoms with van der Waals surface area (Å²) in [6.07, 6.45) is 11.0. The number of oxime groups is 1. The minimum atomic E-state index is -4.26. The fourth-order valence-corrected chi connectivity index (χ4v) is 12.7. The van der Waals surface area contributed by atoms with E-state index in [2.05, 4.69) is 36.2 Å². The number of benzene rings is 3. The second kappa shape index (κ2) is 23.7. The second-order valence-electron chi connectivity index (χ2n) is 17.5. The van der Waals surface area contributed by atoms with Gasteiger partial charge in [0.2, 0.25) is 28.0 Å². The molecule has 1 unspecified atom stereocenters. The van der Waals surface area contributed by atoms with Gasteiger partial charge in [0.25, 0.3) is 0 Å². The summed E-state index contributed by atoms with van der Waals surface area (Å²) in [6.45, 7) is 8.79. The molecule has 1 saturated carbocycles. The van der Waals surface area contributed by atoms with Gasteiger partial charge in [-0.15, -0.1) is 18.3 Å². The van der Waals surface area contributed by atoms with Gasteiger partial charge in [0.15, 0.2) is 0 Å². The Hall–Kier alpha value is -4.22.